The van der Waals surface area contributed by atoms with Gasteiger partial charge in [-0.05, 0) is 67.6 Å². The van der Waals surface area contributed by atoms with E-state index in [4.69, 9.17) is 11.5 Å². The summed E-state index contributed by atoms with van der Waals surface area (Å²) in [5.74, 6) is -0.838. The monoisotopic (exact) mass is 494 g/mol. The van der Waals surface area contributed by atoms with Crippen molar-refractivity contribution in [1.29, 1.82) is 0 Å². The van der Waals surface area contributed by atoms with Gasteiger partial charge in [0.25, 0.3) is 0 Å². The minimum Gasteiger partial charge on any atom is -0.370 e. The summed E-state index contributed by atoms with van der Waals surface area (Å²) in [4.78, 5) is 28.9. The second-order valence-electron chi connectivity index (χ2n) is 9.22. The Morgan fingerprint density at radius 2 is 1.91 bits per heavy atom. The van der Waals surface area contributed by atoms with Gasteiger partial charge in [0.2, 0.25) is 5.91 Å². The molecule has 35 heavy (non-hydrogen) atoms. The first-order valence-electron chi connectivity index (χ1n) is 11.8. The predicted octanol–water partition coefficient (Wildman–Crippen LogP) is 5.21. The molecule has 0 aliphatic carbocycles. The first-order chi connectivity index (χ1) is 16.7. The van der Waals surface area contributed by atoms with Crippen LogP contribution in [-0.2, 0) is 10.3 Å². The van der Waals surface area contributed by atoms with Crippen molar-refractivity contribution in [2.75, 3.05) is 6.54 Å². The van der Waals surface area contributed by atoms with E-state index in [1.54, 1.807) is 28.4 Å². The lowest BCUT2D eigenvalue weighted by Gasteiger charge is -2.45. The SMILES string of the molecule is CC(N)c1ccc(-c2ccc(C(C)N3CCC(CCC(N)=O)(c4cccc(F)c4)NC3=O)cc2)s1. The molecule has 2 heterocycles. The molecule has 0 spiro atoms. The smallest absolute Gasteiger partial charge is 0.318 e. The van der Waals surface area contributed by atoms with Crippen molar-refractivity contribution in [3.63, 3.8) is 0 Å². The summed E-state index contributed by atoms with van der Waals surface area (Å²) in [6.07, 6.45) is 0.951. The Hall–Kier alpha value is -3.23. The number of urea groups is 1. The molecule has 4 rings (SSSR count). The molecule has 3 atom stereocenters. The molecule has 1 fully saturated rings. The number of nitrogens with one attached hydrogen (secondary N) is 1. The van der Waals surface area contributed by atoms with Crippen molar-refractivity contribution in [3.05, 3.63) is 82.5 Å². The normalized spacial score (nSPS) is 19.8. The number of hydrogen-bond donors (Lipinski definition) is 3. The molecule has 1 saturated heterocycles. The van der Waals surface area contributed by atoms with Crippen LogP contribution in [0.1, 0.15) is 61.2 Å². The Morgan fingerprint density at radius 1 is 1.17 bits per heavy atom. The number of carbonyl (C=O) groups excluding carboxylic acids is 2. The highest BCUT2D eigenvalue weighted by Crippen LogP contribution is 2.37. The molecule has 3 aromatic rings. The van der Waals surface area contributed by atoms with Crippen LogP contribution < -0.4 is 16.8 Å². The van der Waals surface area contributed by atoms with Gasteiger partial charge < -0.3 is 21.7 Å². The van der Waals surface area contributed by atoms with E-state index in [2.05, 4.69) is 29.6 Å². The first-order valence-corrected chi connectivity index (χ1v) is 12.6. The van der Waals surface area contributed by atoms with Crippen LogP contribution in [0, 0.1) is 5.82 Å². The number of hydrogen-bond acceptors (Lipinski definition) is 4. The topological polar surface area (TPSA) is 101 Å². The number of primary amides is 1. The van der Waals surface area contributed by atoms with E-state index in [1.165, 1.54) is 12.1 Å². The van der Waals surface area contributed by atoms with Gasteiger partial charge in [0.05, 0.1) is 11.6 Å². The highest BCUT2D eigenvalue weighted by atomic mass is 32.1. The lowest BCUT2D eigenvalue weighted by atomic mass is 9.80. The fourth-order valence-electron chi connectivity index (χ4n) is 4.65. The number of amides is 3. The number of halogens is 1. The van der Waals surface area contributed by atoms with Gasteiger partial charge in [-0.2, -0.15) is 0 Å². The molecule has 1 aliphatic heterocycles. The van der Waals surface area contributed by atoms with Crippen LogP contribution in [0.15, 0.2) is 60.7 Å². The largest absolute Gasteiger partial charge is 0.370 e. The molecule has 3 unspecified atom stereocenters. The number of rotatable bonds is 8. The van der Waals surface area contributed by atoms with Crippen molar-refractivity contribution in [1.82, 2.24) is 10.2 Å². The van der Waals surface area contributed by atoms with E-state index in [-0.39, 0.29) is 30.4 Å². The molecule has 184 valence electrons. The van der Waals surface area contributed by atoms with Crippen molar-refractivity contribution in [2.45, 2.75) is 50.7 Å². The van der Waals surface area contributed by atoms with Crippen LogP contribution in [0.25, 0.3) is 10.4 Å². The predicted molar refractivity (Wildman–Crippen MR) is 137 cm³/mol. The van der Waals surface area contributed by atoms with Gasteiger partial charge in [-0.3, -0.25) is 4.79 Å². The van der Waals surface area contributed by atoms with Gasteiger partial charge >= 0.3 is 6.03 Å². The third-order valence-corrected chi connectivity index (χ3v) is 8.12. The van der Waals surface area contributed by atoms with Crippen molar-refractivity contribution in [2.24, 2.45) is 11.5 Å². The Morgan fingerprint density at radius 3 is 2.51 bits per heavy atom. The maximum Gasteiger partial charge on any atom is 0.318 e. The summed E-state index contributed by atoms with van der Waals surface area (Å²) in [7, 11) is 0. The maximum absolute atomic E-state index is 14.0. The molecule has 5 N–H and O–H groups in total. The van der Waals surface area contributed by atoms with E-state index in [0.29, 0.717) is 24.9 Å². The molecule has 6 nitrogen and oxygen atoms in total. The maximum atomic E-state index is 14.0. The fourth-order valence-corrected chi connectivity index (χ4v) is 5.62. The molecule has 0 bridgehead atoms. The molecule has 0 radical (unpaired) electrons. The van der Waals surface area contributed by atoms with Crippen molar-refractivity contribution >= 4 is 23.3 Å². The number of benzene rings is 2. The van der Waals surface area contributed by atoms with E-state index in [0.717, 1.165) is 20.9 Å². The standard InChI is InChI=1S/C27H31FN4O2S/c1-17(29)23-10-11-24(35-23)20-8-6-19(7-9-20)18(2)32-15-14-27(31-26(32)34,13-12-25(30)33)21-4-3-5-22(28)16-21/h3-11,16-18H,12-15,29H2,1-2H3,(H2,30,33)(H,31,34). The van der Waals surface area contributed by atoms with Crippen LogP contribution in [0.5, 0.6) is 0 Å². The Kier molecular flexibility index (Phi) is 7.23. The zero-order chi connectivity index (χ0) is 25.2. The number of thiophene rings is 1. The summed E-state index contributed by atoms with van der Waals surface area (Å²) >= 11 is 1.68. The zero-order valence-electron chi connectivity index (χ0n) is 20.0. The average Bonchev–Trinajstić information content (AvgIpc) is 3.33. The number of carbonyl (C=O) groups is 2. The lowest BCUT2D eigenvalue weighted by Crippen LogP contribution is -2.58. The number of nitrogens with two attached hydrogens (primary N) is 2. The minimum absolute atomic E-state index is 0.00753. The van der Waals surface area contributed by atoms with Gasteiger partial charge in [0.1, 0.15) is 5.82 Å². The third kappa shape index (κ3) is 5.39. The van der Waals surface area contributed by atoms with Gasteiger partial charge in [-0.15, -0.1) is 11.3 Å². The van der Waals surface area contributed by atoms with E-state index >= 15 is 0 Å². The molecule has 8 heteroatoms. The Balaban J connectivity index is 1.51. The van der Waals surface area contributed by atoms with Crippen LogP contribution in [0.4, 0.5) is 9.18 Å². The van der Waals surface area contributed by atoms with Gasteiger partial charge in [0, 0.05) is 28.8 Å². The second kappa shape index (κ2) is 10.2. The first kappa shape index (κ1) is 24.9. The van der Waals surface area contributed by atoms with Crippen molar-refractivity contribution < 1.29 is 14.0 Å². The molecule has 1 aromatic heterocycles. The van der Waals surface area contributed by atoms with Crippen molar-refractivity contribution in [3.8, 4) is 10.4 Å². The zero-order valence-corrected chi connectivity index (χ0v) is 20.8. The summed E-state index contributed by atoms with van der Waals surface area (Å²) < 4.78 is 14.0. The molecular formula is C27H31FN4O2S. The number of nitrogens with zero attached hydrogens (tertiary/aromatic N) is 1. The highest BCUT2D eigenvalue weighted by molar-refractivity contribution is 7.15. The molecule has 3 amide bonds. The van der Waals surface area contributed by atoms with E-state index in [9.17, 15) is 14.0 Å². The average molecular weight is 495 g/mol. The van der Waals surface area contributed by atoms with Gasteiger partial charge in [-0.1, -0.05) is 36.4 Å². The molecule has 1 aliphatic rings. The summed E-state index contributed by atoms with van der Waals surface area (Å²) in [5, 5.41) is 3.08. The Bertz CT molecular complexity index is 1210. The lowest BCUT2D eigenvalue weighted by molar-refractivity contribution is -0.118. The second-order valence-corrected chi connectivity index (χ2v) is 10.3. The van der Waals surface area contributed by atoms with Crippen LogP contribution in [-0.4, -0.2) is 23.4 Å². The van der Waals surface area contributed by atoms with Gasteiger partial charge in [-0.25, -0.2) is 9.18 Å². The molecule has 0 saturated carbocycles. The summed E-state index contributed by atoms with van der Waals surface area (Å²) in [6, 6.07) is 18.1. The minimum atomic E-state index is -0.842. The molecule has 2 aromatic carbocycles. The van der Waals surface area contributed by atoms with E-state index < -0.39 is 11.4 Å². The van der Waals surface area contributed by atoms with Crippen LogP contribution in [0.3, 0.4) is 0 Å². The highest BCUT2D eigenvalue weighted by Gasteiger charge is 2.41. The summed E-state index contributed by atoms with van der Waals surface area (Å²) in [6.45, 7) is 4.43. The van der Waals surface area contributed by atoms with E-state index in [1.807, 2.05) is 26.0 Å². The third-order valence-electron chi connectivity index (χ3n) is 6.78. The van der Waals surface area contributed by atoms with Gasteiger partial charge in [0.15, 0.2) is 0 Å². The fraction of sp³-hybridized carbons (Fsp3) is 0.333. The van der Waals surface area contributed by atoms with Crippen LogP contribution >= 0.6 is 11.3 Å². The van der Waals surface area contributed by atoms with Crippen LogP contribution in [0.2, 0.25) is 0 Å². The Labute approximate surface area is 209 Å². The summed E-state index contributed by atoms with van der Waals surface area (Å²) in [5.41, 5.74) is 13.3. The quantitative estimate of drug-likeness (QED) is 0.401. The molecular weight excluding hydrogens is 463 g/mol.